The zero-order valence-corrected chi connectivity index (χ0v) is 16.6. The van der Waals surface area contributed by atoms with Gasteiger partial charge in [-0.2, -0.15) is 5.26 Å². The third kappa shape index (κ3) is 6.51. The van der Waals surface area contributed by atoms with E-state index < -0.39 is 0 Å². The van der Waals surface area contributed by atoms with Crippen LogP contribution in [0.4, 0.5) is 0 Å². The zero-order chi connectivity index (χ0) is 18.9. The number of carbonyl (C=O) groups is 1. The summed E-state index contributed by atoms with van der Waals surface area (Å²) in [5, 5.41) is 8.90. The molecule has 2 rings (SSSR count). The maximum Gasteiger partial charge on any atom is 0.260 e. The Morgan fingerprint density at radius 2 is 1.73 bits per heavy atom. The molecule has 0 atom stereocenters. The van der Waals surface area contributed by atoms with Gasteiger partial charge in [0, 0.05) is 24.1 Å². The number of halogens is 1. The molecule has 0 saturated heterocycles. The molecule has 26 heavy (non-hydrogen) atoms. The van der Waals surface area contributed by atoms with E-state index in [1.54, 1.807) is 17.0 Å². The fraction of sp³-hybridized carbons (Fsp3) is 0.300. The first-order chi connectivity index (χ1) is 12.5. The van der Waals surface area contributed by atoms with Gasteiger partial charge in [0.05, 0.1) is 11.6 Å². The standard InChI is InChI=1S/C20H22BrN3O2/c1-23(2)11-12-24(14-17-5-3-16(13-22)4-6-17)20(25)15-26-19-9-7-18(21)8-10-19/h3-10H,11-12,14-15H2,1-2H3. The predicted molar refractivity (Wildman–Crippen MR) is 105 cm³/mol. The molecule has 0 bridgehead atoms. The normalized spacial score (nSPS) is 10.4. The van der Waals surface area contributed by atoms with Crippen molar-refractivity contribution >= 4 is 21.8 Å². The Morgan fingerprint density at radius 1 is 1.08 bits per heavy atom. The third-order valence-corrected chi connectivity index (χ3v) is 4.33. The minimum atomic E-state index is -0.0703. The second kappa shape index (κ2) is 9.95. The number of hydrogen-bond acceptors (Lipinski definition) is 4. The predicted octanol–water partition coefficient (Wildman–Crippen LogP) is 3.29. The number of ether oxygens (including phenoxy) is 1. The highest BCUT2D eigenvalue weighted by Crippen LogP contribution is 2.16. The molecule has 0 aliphatic rings. The van der Waals surface area contributed by atoms with E-state index in [0.29, 0.717) is 24.4 Å². The summed E-state index contributed by atoms with van der Waals surface area (Å²) in [6.07, 6.45) is 0. The Hall–Kier alpha value is -2.36. The lowest BCUT2D eigenvalue weighted by atomic mass is 10.1. The molecular formula is C20H22BrN3O2. The lowest BCUT2D eigenvalue weighted by Crippen LogP contribution is -2.38. The zero-order valence-electron chi connectivity index (χ0n) is 15.0. The Kier molecular flexibility index (Phi) is 7.64. The topological polar surface area (TPSA) is 56.6 Å². The van der Waals surface area contributed by atoms with Crippen LogP contribution in [0, 0.1) is 11.3 Å². The summed E-state index contributed by atoms with van der Waals surface area (Å²) in [7, 11) is 3.95. The minimum absolute atomic E-state index is 0.00859. The number of amides is 1. The van der Waals surface area contributed by atoms with Gasteiger partial charge in [-0.05, 0) is 56.1 Å². The molecule has 2 aromatic carbocycles. The molecule has 0 aromatic heterocycles. The maximum atomic E-state index is 12.6. The summed E-state index contributed by atoms with van der Waals surface area (Å²) in [4.78, 5) is 16.5. The number of nitriles is 1. The van der Waals surface area contributed by atoms with Crippen molar-refractivity contribution in [3.63, 3.8) is 0 Å². The average Bonchev–Trinajstić information content (AvgIpc) is 2.64. The van der Waals surface area contributed by atoms with Gasteiger partial charge in [-0.25, -0.2) is 0 Å². The van der Waals surface area contributed by atoms with Crippen LogP contribution in [0.5, 0.6) is 5.75 Å². The van der Waals surface area contributed by atoms with Gasteiger partial charge < -0.3 is 14.5 Å². The molecule has 0 aliphatic carbocycles. The summed E-state index contributed by atoms with van der Waals surface area (Å²) in [6.45, 7) is 1.85. The van der Waals surface area contributed by atoms with Crippen LogP contribution in [0.1, 0.15) is 11.1 Å². The number of nitrogens with zero attached hydrogens (tertiary/aromatic N) is 3. The Balaban J connectivity index is 2.00. The van der Waals surface area contributed by atoms with Gasteiger partial charge in [0.1, 0.15) is 5.75 Å². The van der Waals surface area contributed by atoms with Crippen molar-refractivity contribution in [1.82, 2.24) is 9.80 Å². The molecule has 0 radical (unpaired) electrons. The molecular weight excluding hydrogens is 394 g/mol. The molecule has 0 heterocycles. The van der Waals surface area contributed by atoms with Crippen molar-refractivity contribution in [2.45, 2.75) is 6.54 Å². The van der Waals surface area contributed by atoms with Crippen molar-refractivity contribution in [3.8, 4) is 11.8 Å². The Morgan fingerprint density at radius 3 is 2.31 bits per heavy atom. The highest BCUT2D eigenvalue weighted by Gasteiger charge is 2.15. The van der Waals surface area contributed by atoms with E-state index in [2.05, 4.69) is 22.0 Å². The molecule has 136 valence electrons. The van der Waals surface area contributed by atoms with E-state index in [9.17, 15) is 4.79 Å². The lowest BCUT2D eigenvalue weighted by molar-refractivity contribution is -0.134. The van der Waals surface area contributed by atoms with Crippen LogP contribution in [0.25, 0.3) is 0 Å². The smallest absolute Gasteiger partial charge is 0.260 e. The van der Waals surface area contributed by atoms with Crippen LogP contribution in [0.15, 0.2) is 53.0 Å². The van der Waals surface area contributed by atoms with Crippen molar-refractivity contribution in [3.05, 3.63) is 64.1 Å². The fourth-order valence-corrected chi connectivity index (χ4v) is 2.55. The minimum Gasteiger partial charge on any atom is -0.484 e. The molecule has 1 amide bonds. The fourth-order valence-electron chi connectivity index (χ4n) is 2.28. The van der Waals surface area contributed by atoms with E-state index in [1.165, 1.54) is 0 Å². The van der Waals surface area contributed by atoms with Gasteiger partial charge in [0.15, 0.2) is 6.61 Å². The van der Waals surface area contributed by atoms with Crippen LogP contribution in [0.2, 0.25) is 0 Å². The van der Waals surface area contributed by atoms with Gasteiger partial charge >= 0.3 is 0 Å². The van der Waals surface area contributed by atoms with Crippen LogP contribution in [-0.4, -0.2) is 49.5 Å². The van der Waals surface area contributed by atoms with Crippen LogP contribution in [-0.2, 0) is 11.3 Å². The van der Waals surface area contributed by atoms with Gasteiger partial charge in [-0.3, -0.25) is 4.79 Å². The van der Waals surface area contributed by atoms with E-state index in [1.807, 2.05) is 55.4 Å². The van der Waals surface area contributed by atoms with E-state index >= 15 is 0 Å². The molecule has 5 nitrogen and oxygen atoms in total. The summed E-state index contributed by atoms with van der Waals surface area (Å²) >= 11 is 3.37. The first kappa shape index (κ1) is 20.0. The number of hydrogen-bond donors (Lipinski definition) is 0. The number of benzene rings is 2. The van der Waals surface area contributed by atoms with Crippen molar-refractivity contribution in [2.24, 2.45) is 0 Å². The maximum absolute atomic E-state index is 12.6. The molecule has 0 saturated carbocycles. The van der Waals surface area contributed by atoms with Crippen molar-refractivity contribution < 1.29 is 9.53 Å². The van der Waals surface area contributed by atoms with Gasteiger partial charge in [-0.15, -0.1) is 0 Å². The Labute approximate surface area is 162 Å². The summed E-state index contributed by atoms with van der Waals surface area (Å²) < 4.78 is 6.58. The van der Waals surface area contributed by atoms with Crippen LogP contribution in [0.3, 0.4) is 0 Å². The molecule has 6 heteroatoms. The molecule has 0 N–H and O–H groups in total. The first-order valence-corrected chi connectivity index (χ1v) is 9.07. The summed E-state index contributed by atoms with van der Waals surface area (Å²) in [5.74, 6) is 0.589. The molecule has 0 unspecified atom stereocenters. The van der Waals surface area contributed by atoms with Gasteiger partial charge in [0.2, 0.25) is 0 Å². The SMILES string of the molecule is CN(C)CCN(Cc1ccc(C#N)cc1)C(=O)COc1ccc(Br)cc1. The average molecular weight is 416 g/mol. The van der Waals surface area contributed by atoms with Crippen LogP contribution < -0.4 is 4.74 Å². The quantitative estimate of drug-likeness (QED) is 0.663. The number of carbonyl (C=O) groups excluding carboxylic acids is 1. The molecule has 0 fully saturated rings. The lowest BCUT2D eigenvalue weighted by Gasteiger charge is -2.24. The van der Waals surface area contributed by atoms with Crippen molar-refractivity contribution in [2.75, 3.05) is 33.8 Å². The number of rotatable bonds is 8. The van der Waals surface area contributed by atoms with Crippen LogP contribution >= 0.6 is 15.9 Å². The van der Waals surface area contributed by atoms with E-state index in [0.717, 1.165) is 16.6 Å². The summed E-state index contributed by atoms with van der Waals surface area (Å²) in [5.41, 5.74) is 1.60. The van der Waals surface area contributed by atoms with E-state index in [-0.39, 0.29) is 12.5 Å². The van der Waals surface area contributed by atoms with Gasteiger partial charge in [-0.1, -0.05) is 28.1 Å². The highest BCUT2D eigenvalue weighted by atomic mass is 79.9. The van der Waals surface area contributed by atoms with Gasteiger partial charge in [0.25, 0.3) is 5.91 Å². The highest BCUT2D eigenvalue weighted by molar-refractivity contribution is 9.10. The Bertz CT molecular complexity index is 752. The largest absolute Gasteiger partial charge is 0.484 e. The second-order valence-electron chi connectivity index (χ2n) is 6.17. The number of likely N-dealkylation sites (N-methyl/N-ethyl adjacent to an activating group) is 1. The molecule has 2 aromatic rings. The molecule has 0 spiro atoms. The third-order valence-electron chi connectivity index (χ3n) is 3.80. The van der Waals surface area contributed by atoms with Crippen molar-refractivity contribution in [1.29, 1.82) is 5.26 Å². The first-order valence-electron chi connectivity index (χ1n) is 8.28. The summed E-state index contributed by atoms with van der Waals surface area (Å²) in [6, 6.07) is 16.8. The molecule has 0 aliphatic heterocycles. The second-order valence-corrected chi connectivity index (χ2v) is 7.09. The monoisotopic (exact) mass is 415 g/mol. The van der Waals surface area contributed by atoms with E-state index in [4.69, 9.17) is 10.00 Å².